The molecule has 3 nitrogen and oxygen atoms in total. The van der Waals surface area contributed by atoms with Crippen molar-refractivity contribution in [3.8, 4) is 0 Å². The molecule has 0 aromatic heterocycles. The highest BCUT2D eigenvalue weighted by molar-refractivity contribution is 5.78. The molecule has 2 atom stereocenters. The molecule has 0 aromatic rings. The van der Waals surface area contributed by atoms with Crippen molar-refractivity contribution in [3.05, 3.63) is 0 Å². The lowest BCUT2D eigenvalue weighted by Crippen LogP contribution is -2.48. The van der Waals surface area contributed by atoms with E-state index in [1.807, 2.05) is 0 Å². The Morgan fingerprint density at radius 3 is 2.57 bits per heavy atom. The summed E-state index contributed by atoms with van der Waals surface area (Å²) in [6.45, 7) is 9.72. The Kier molecular flexibility index (Phi) is 3.78. The molecule has 1 saturated heterocycles. The second-order valence-electron chi connectivity index (χ2n) is 4.75. The highest BCUT2D eigenvalue weighted by Crippen LogP contribution is 2.21. The maximum Gasteiger partial charge on any atom is 0.191 e. The molecule has 1 fully saturated rings. The van der Waals surface area contributed by atoms with Gasteiger partial charge in [-0.05, 0) is 39.5 Å². The van der Waals surface area contributed by atoms with Crippen molar-refractivity contribution in [2.75, 3.05) is 6.54 Å². The first kappa shape index (κ1) is 11.3. The molecule has 1 aliphatic rings. The molecule has 82 valence electrons. The van der Waals surface area contributed by atoms with Crippen molar-refractivity contribution in [1.29, 1.82) is 0 Å². The first-order valence-electron chi connectivity index (χ1n) is 5.60. The largest absolute Gasteiger partial charge is 0.370 e. The molecule has 1 rings (SSSR count). The zero-order valence-electron chi connectivity index (χ0n) is 9.83. The third-order valence-corrected chi connectivity index (χ3v) is 2.82. The first-order chi connectivity index (χ1) is 6.50. The molecule has 0 bridgehead atoms. The van der Waals surface area contributed by atoms with E-state index in [1.165, 1.54) is 12.8 Å². The van der Waals surface area contributed by atoms with E-state index in [0.29, 0.717) is 12.1 Å². The molecular formula is C11H23N3. The number of nitrogens with two attached hydrogens (primary N) is 1. The van der Waals surface area contributed by atoms with Gasteiger partial charge in [0.15, 0.2) is 5.96 Å². The van der Waals surface area contributed by atoms with Gasteiger partial charge in [-0.25, -0.2) is 0 Å². The van der Waals surface area contributed by atoms with Crippen LogP contribution in [0.15, 0.2) is 4.99 Å². The average molecular weight is 197 g/mol. The molecule has 0 amide bonds. The van der Waals surface area contributed by atoms with Crippen molar-refractivity contribution >= 4 is 5.96 Å². The molecule has 1 heterocycles. The highest BCUT2D eigenvalue weighted by atomic mass is 15.3. The molecule has 0 aromatic carbocycles. The number of guanidine groups is 1. The van der Waals surface area contributed by atoms with Crippen LogP contribution in [0.5, 0.6) is 0 Å². The van der Waals surface area contributed by atoms with Crippen LogP contribution in [0.4, 0.5) is 0 Å². The summed E-state index contributed by atoms with van der Waals surface area (Å²) in [4.78, 5) is 6.63. The summed E-state index contributed by atoms with van der Waals surface area (Å²) in [5, 5.41) is 0. The van der Waals surface area contributed by atoms with Crippen LogP contribution in [0.1, 0.15) is 40.5 Å². The lowest BCUT2D eigenvalue weighted by molar-refractivity contribution is 0.207. The molecule has 0 saturated carbocycles. The Morgan fingerprint density at radius 1 is 1.43 bits per heavy atom. The number of aliphatic imine (C=N–C) groups is 1. The quantitative estimate of drug-likeness (QED) is 0.514. The van der Waals surface area contributed by atoms with Gasteiger partial charge in [0.25, 0.3) is 0 Å². The summed E-state index contributed by atoms with van der Waals surface area (Å²) >= 11 is 0. The highest BCUT2D eigenvalue weighted by Gasteiger charge is 2.23. The normalized spacial score (nSPS) is 29.8. The van der Waals surface area contributed by atoms with E-state index in [4.69, 9.17) is 5.73 Å². The molecule has 3 heteroatoms. The van der Waals surface area contributed by atoms with Crippen LogP contribution in [0.2, 0.25) is 0 Å². The molecule has 1 aliphatic heterocycles. The predicted molar refractivity (Wildman–Crippen MR) is 61.3 cm³/mol. The smallest absolute Gasteiger partial charge is 0.191 e. The van der Waals surface area contributed by atoms with E-state index >= 15 is 0 Å². The molecule has 0 aliphatic carbocycles. The molecule has 0 radical (unpaired) electrons. The summed E-state index contributed by atoms with van der Waals surface area (Å²) in [5.74, 6) is 1.55. The van der Waals surface area contributed by atoms with E-state index in [0.717, 1.165) is 18.4 Å². The molecule has 14 heavy (non-hydrogen) atoms. The molecular weight excluding hydrogens is 174 g/mol. The number of likely N-dealkylation sites (tertiary alicyclic amines) is 1. The second-order valence-corrected chi connectivity index (χ2v) is 4.75. The number of hydrogen-bond acceptors (Lipinski definition) is 1. The van der Waals surface area contributed by atoms with Gasteiger partial charge in [0.2, 0.25) is 0 Å². The average Bonchev–Trinajstić information content (AvgIpc) is 2.01. The Morgan fingerprint density at radius 2 is 2.07 bits per heavy atom. The SMILES string of the molecule is CC1CCN(C(N)=NC(C)C)C(C)C1. The summed E-state index contributed by atoms with van der Waals surface area (Å²) < 4.78 is 0. The van der Waals surface area contributed by atoms with Gasteiger partial charge in [0, 0.05) is 18.6 Å². The van der Waals surface area contributed by atoms with Crippen LogP contribution in [0.25, 0.3) is 0 Å². The minimum Gasteiger partial charge on any atom is -0.370 e. The summed E-state index contributed by atoms with van der Waals surface area (Å²) in [5.41, 5.74) is 5.96. The summed E-state index contributed by atoms with van der Waals surface area (Å²) in [6.07, 6.45) is 2.47. The standard InChI is InChI=1S/C11H23N3/c1-8(2)13-11(12)14-6-5-9(3)7-10(14)4/h8-10H,5-7H2,1-4H3,(H2,12,13). The predicted octanol–water partition coefficient (Wildman–Crippen LogP) is 1.83. The topological polar surface area (TPSA) is 41.6 Å². The Bertz CT molecular complexity index is 211. The van der Waals surface area contributed by atoms with Gasteiger partial charge in [-0.1, -0.05) is 6.92 Å². The Labute approximate surface area is 87.4 Å². The first-order valence-corrected chi connectivity index (χ1v) is 5.60. The molecule has 2 unspecified atom stereocenters. The Balaban J connectivity index is 2.60. The zero-order valence-corrected chi connectivity index (χ0v) is 9.83. The summed E-state index contributed by atoms with van der Waals surface area (Å²) in [7, 11) is 0. The van der Waals surface area contributed by atoms with Gasteiger partial charge in [0.1, 0.15) is 0 Å². The van der Waals surface area contributed by atoms with E-state index < -0.39 is 0 Å². The Hall–Kier alpha value is -0.730. The van der Waals surface area contributed by atoms with Crippen LogP contribution in [-0.2, 0) is 0 Å². The monoisotopic (exact) mass is 197 g/mol. The van der Waals surface area contributed by atoms with Crippen molar-refractivity contribution < 1.29 is 0 Å². The van der Waals surface area contributed by atoms with Crippen molar-refractivity contribution in [2.24, 2.45) is 16.6 Å². The van der Waals surface area contributed by atoms with Crippen LogP contribution >= 0.6 is 0 Å². The lowest BCUT2D eigenvalue weighted by Gasteiger charge is -2.37. The molecule has 0 spiro atoms. The zero-order chi connectivity index (χ0) is 10.7. The van der Waals surface area contributed by atoms with Gasteiger partial charge in [-0.15, -0.1) is 0 Å². The number of rotatable bonds is 1. The molecule has 2 N–H and O–H groups in total. The van der Waals surface area contributed by atoms with Crippen molar-refractivity contribution in [1.82, 2.24) is 4.90 Å². The van der Waals surface area contributed by atoms with E-state index in [9.17, 15) is 0 Å². The third kappa shape index (κ3) is 2.89. The number of piperidine rings is 1. The van der Waals surface area contributed by atoms with Gasteiger partial charge in [0.05, 0.1) is 0 Å². The van der Waals surface area contributed by atoms with Crippen LogP contribution < -0.4 is 5.73 Å². The van der Waals surface area contributed by atoms with Gasteiger partial charge in [-0.3, -0.25) is 4.99 Å². The fourth-order valence-corrected chi connectivity index (χ4v) is 2.09. The fourth-order valence-electron chi connectivity index (χ4n) is 2.09. The third-order valence-electron chi connectivity index (χ3n) is 2.82. The maximum absolute atomic E-state index is 5.96. The summed E-state index contributed by atoms with van der Waals surface area (Å²) in [6, 6.07) is 0.836. The minimum absolute atomic E-state index is 0.293. The van der Waals surface area contributed by atoms with Crippen LogP contribution in [0.3, 0.4) is 0 Å². The van der Waals surface area contributed by atoms with E-state index in [-0.39, 0.29) is 0 Å². The van der Waals surface area contributed by atoms with Crippen molar-refractivity contribution in [3.63, 3.8) is 0 Å². The lowest BCUT2D eigenvalue weighted by atomic mass is 9.94. The van der Waals surface area contributed by atoms with Crippen LogP contribution in [-0.4, -0.2) is 29.5 Å². The van der Waals surface area contributed by atoms with Crippen molar-refractivity contribution in [2.45, 2.75) is 52.6 Å². The van der Waals surface area contributed by atoms with Gasteiger partial charge in [-0.2, -0.15) is 0 Å². The van der Waals surface area contributed by atoms with Gasteiger partial charge < -0.3 is 10.6 Å². The number of hydrogen-bond donors (Lipinski definition) is 1. The fraction of sp³-hybridized carbons (Fsp3) is 0.909. The van der Waals surface area contributed by atoms with Gasteiger partial charge >= 0.3 is 0 Å². The number of nitrogens with zero attached hydrogens (tertiary/aromatic N) is 2. The van der Waals surface area contributed by atoms with E-state index in [2.05, 4.69) is 37.6 Å². The minimum atomic E-state index is 0.293. The maximum atomic E-state index is 5.96. The van der Waals surface area contributed by atoms with Crippen LogP contribution in [0, 0.1) is 5.92 Å². The van der Waals surface area contributed by atoms with E-state index in [1.54, 1.807) is 0 Å². The second kappa shape index (κ2) is 4.67.